The van der Waals surface area contributed by atoms with E-state index in [9.17, 15) is 13.6 Å². The smallest absolute Gasteiger partial charge is 0.387 e. The number of aryl methyl sites for hydroxylation is 1. The molecule has 0 saturated carbocycles. The fourth-order valence-electron chi connectivity index (χ4n) is 2.32. The van der Waals surface area contributed by atoms with E-state index in [1.54, 1.807) is 0 Å². The van der Waals surface area contributed by atoms with E-state index in [2.05, 4.69) is 20.3 Å². The van der Waals surface area contributed by atoms with Crippen molar-refractivity contribution < 1.29 is 18.3 Å². The lowest BCUT2D eigenvalue weighted by Crippen LogP contribution is -2.16. The molecule has 0 radical (unpaired) electrons. The maximum atomic E-state index is 12.1. The fraction of sp³-hybridized carbons (Fsp3) is 0.167. The Morgan fingerprint density at radius 3 is 2.50 bits per heavy atom. The molecule has 0 fully saturated rings. The maximum Gasteiger partial charge on any atom is 0.387 e. The fourth-order valence-corrected chi connectivity index (χ4v) is 2.98. The molecule has 3 aromatic rings. The lowest BCUT2D eigenvalue weighted by atomic mass is 10.1. The Labute approximate surface area is 163 Å². The van der Waals surface area contributed by atoms with Gasteiger partial charge >= 0.3 is 6.61 Å². The number of carbonyl (C=O) groups excluding carboxylic acids is 1. The number of halogens is 2. The number of nitrogen functional groups attached to an aromatic ring is 1. The number of thioether (sulfide) groups is 1. The Bertz CT molecular complexity index is 946. The second kappa shape index (κ2) is 8.70. The van der Waals surface area contributed by atoms with Crippen LogP contribution >= 0.6 is 11.8 Å². The number of benzene rings is 2. The van der Waals surface area contributed by atoms with Crippen molar-refractivity contribution >= 4 is 23.4 Å². The first-order valence-corrected chi connectivity index (χ1v) is 9.16. The highest BCUT2D eigenvalue weighted by molar-refractivity contribution is 7.99. The molecule has 0 unspecified atom stereocenters. The quantitative estimate of drug-likeness (QED) is 0.463. The number of aromatic nitrogens is 3. The number of amides is 1. The molecule has 0 saturated heterocycles. The molecule has 0 spiro atoms. The highest BCUT2D eigenvalue weighted by atomic mass is 32.2. The average Bonchev–Trinajstić information content (AvgIpc) is 3.02. The summed E-state index contributed by atoms with van der Waals surface area (Å²) in [6.07, 6.45) is 0. The molecular weight excluding hydrogens is 388 g/mol. The van der Waals surface area contributed by atoms with Gasteiger partial charge in [0.1, 0.15) is 5.75 Å². The molecule has 28 heavy (non-hydrogen) atoms. The van der Waals surface area contributed by atoms with E-state index >= 15 is 0 Å². The molecule has 1 heterocycles. The monoisotopic (exact) mass is 405 g/mol. The Kier molecular flexibility index (Phi) is 6.09. The highest BCUT2D eigenvalue weighted by Crippen LogP contribution is 2.22. The van der Waals surface area contributed by atoms with Crippen molar-refractivity contribution in [1.29, 1.82) is 0 Å². The standard InChI is InChI=1S/C18H17F2N5O2S/c1-11-2-4-12(5-3-11)16-23-24-18(25(16)21)28-10-15(26)22-13-6-8-14(9-7-13)27-17(19)20/h2-9,17H,10,21H2,1H3,(H,22,26). The summed E-state index contributed by atoms with van der Waals surface area (Å²) in [6, 6.07) is 13.3. The number of nitrogens with zero attached hydrogens (tertiary/aromatic N) is 3. The van der Waals surface area contributed by atoms with Gasteiger partial charge < -0.3 is 15.9 Å². The van der Waals surface area contributed by atoms with E-state index in [0.717, 1.165) is 22.9 Å². The summed E-state index contributed by atoms with van der Waals surface area (Å²) in [5.74, 6) is 6.30. The van der Waals surface area contributed by atoms with Crippen LogP contribution in [0.25, 0.3) is 11.4 Å². The van der Waals surface area contributed by atoms with E-state index in [4.69, 9.17) is 5.84 Å². The van der Waals surface area contributed by atoms with Crippen LogP contribution in [0.3, 0.4) is 0 Å². The highest BCUT2D eigenvalue weighted by Gasteiger charge is 2.14. The molecule has 1 aromatic heterocycles. The summed E-state index contributed by atoms with van der Waals surface area (Å²) >= 11 is 1.13. The zero-order valence-electron chi connectivity index (χ0n) is 14.8. The Morgan fingerprint density at radius 2 is 1.86 bits per heavy atom. The van der Waals surface area contributed by atoms with Gasteiger partial charge in [0.15, 0.2) is 5.82 Å². The van der Waals surface area contributed by atoms with Crippen molar-refractivity contribution in [2.45, 2.75) is 18.7 Å². The summed E-state index contributed by atoms with van der Waals surface area (Å²) in [4.78, 5) is 12.1. The largest absolute Gasteiger partial charge is 0.435 e. The summed E-state index contributed by atoms with van der Waals surface area (Å²) in [5.41, 5.74) is 2.40. The number of ether oxygens (including phenoxy) is 1. The molecule has 1 amide bonds. The minimum atomic E-state index is -2.89. The lowest BCUT2D eigenvalue weighted by Gasteiger charge is -2.07. The summed E-state index contributed by atoms with van der Waals surface area (Å²) in [6.45, 7) is -0.911. The summed E-state index contributed by atoms with van der Waals surface area (Å²) in [5, 5.41) is 11.1. The number of anilines is 1. The molecule has 2 aromatic carbocycles. The van der Waals surface area contributed by atoms with E-state index in [1.165, 1.54) is 28.9 Å². The first-order valence-electron chi connectivity index (χ1n) is 8.17. The molecular formula is C18H17F2N5O2S. The third-order valence-corrected chi connectivity index (χ3v) is 4.61. The van der Waals surface area contributed by atoms with Crippen LogP contribution in [0.4, 0.5) is 14.5 Å². The maximum absolute atomic E-state index is 12.1. The Morgan fingerprint density at radius 1 is 1.18 bits per heavy atom. The molecule has 7 nitrogen and oxygen atoms in total. The minimum absolute atomic E-state index is 0.0160. The van der Waals surface area contributed by atoms with E-state index in [0.29, 0.717) is 16.7 Å². The SMILES string of the molecule is Cc1ccc(-c2nnc(SCC(=O)Nc3ccc(OC(F)F)cc3)n2N)cc1. The first kappa shape index (κ1) is 19.6. The van der Waals surface area contributed by atoms with Gasteiger partial charge in [0, 0.05) is 11.3 Å². The minimum Gasteiger partial charge on any atom is -0.435 e. The summed E-state index contributed by atoms with van der Waals surface area (Å²) < 4.78 is 29.9. The van der Waals surface area contributed by atoms with Crippen molar-refractivity contribution in [2.75, 3.05) is 16.9 Å². The van der Waals surface area contributed by atoms with Crippen LogP contribution in [-0.4, -0.2) is 33.1 Å². The van der Waals surface area contributed by atoms with E-state index in [1.807, 2.05) is 31.2 Å². The van der Waals surface area contributed by atoms with Crippen LogP contribution in [0.1, 0.15) is 5.56 Å². The molecule has 10 heteroatoms. The van der Waals surface area contributed by atoms with Crippen molar-refractivity contribution in [3.8, 4) is 17.1 Å². The number of hydrogen-bond acceptors (Lipinski definition) is 6. The van der Waals surface area contributed by atoms with Crippen molar-refractivity contribution in [3.05, 3.63) is 54.1 Å². The van der Waals surface area contributed by atoms with Crippen molar-refractivity contribution in [1.82, 2.24) is 14.9 Å². The Hall–Kier alpha value is -3.14. The average molecular weight is 405 g/mol. The Balaban J connectivity index is 1.57. The molecule has 146 valence electrons. The predicted octanol–water partition coefficient (Wildman–Crippen LogP) is 3.30. The van der Waals surface area contributed by atoms with E-state index in [-0.39, 0.29) is 17.4 Å². The second-order valence-electron chi connectivity index (χ2n) is 5.78. The van der Waals surface area contributed by atoms with Gasteiger partial charge in [-0.2, -0.15) is 8.78 Å². The van der Waals surface area contributed by atoms with Gasteiger partial charge in [-0.05, 0) is 31.2 Å². The van der Waals surface area contributed by atoms with Gasteiger partial charge in [-0.1, -0.05) is 41.6 Å². The van der Waals surface area contributed by atoms with Gasteiger partial charge in [0.05, 0.1) is 5.75 Å². The topological polar surface area (TPSA) is 95.1 Å². The number of carbonyl (C=O) groups is 1. The van der Waals surface area contributed by atoms with Crippen LogP contribution in [0.5, 0.6) is 5.75 Å². The number of alkyl halides is 2. The molecule has 3 N–H and O–H groups in total. The van der Waals surface area contributed by atoms with Crippen LogP contribution in [0, 0.1) is 6.92 Å². The molecule has 0 atom stereocenters. The van der Waals surface area contributed by atoms with Crippen LogP contribution in [-0.2, 0) is 4.79 Å². The normalized spacial score (nSPS) is 10.9. The van der Waals surface area contributed by atoms with Gasteiger partial charge in [-0.3, -0.25) is 4.79 Å². The third-order valence-electron chi connectivity index (χ3n) is 3.67. The summed E-state index contributed by atoms with van der Waals surface area (Å²) in [7, 11) is 0. The van der Waals surface area contributed by atoms with Crippen LogP contribution in [0.15, 0.2) is 53.7 Å². The van der Waals surface area contributed by atoms with Crippen molar-refractivity contribution in [2.24, 2.45) is 0 Å². The predicted molar refractivity (Wildman–Crippen MR) is 103 cm³/mol. The van der Waals surface area contributed by atoms with Gasteiger partial charge in [0.2, 0.25) is 11.1 Å². The van der Waals surface area contributed by atoms with E-state index < -0.39 is 6.61 Å². The van der Waals surface area contributed by atoms with Gasteiger partial charge in [-0.25, -0.2) is 4.68 Å². The second-order valence-corrected chi connectivity index (χ2v) is 6.72. The molecule has 0 aliphatic carbocycles. The lowest BCUT2D eigenvalue weighted by molar-refractivity contribution is -0.113. The zero-order valence-corrected chi connectivity index (χ0v) is 15.6. The number of hydrogen-bond donors (Lipinski definition) is 2. The molecule has 3 rings (SSSR count). The molecule has 0 aliphatic heterocycles. The van der Waals surface area contributed by atoms with Crippen LogP contribution < -0.4 is 15.9 Å². The number of rotatable bonds is 7. The number of nitrogens with two attached hydrogens (primary N) is 1. The molecule has 0 aliphatic rings. The van der Waals surface area contributed by atoms with Crippen LogP contribution in [0.2, 0.25) is 0 Å². The number of nitrogens with one attached hydrogen (secondary N) is 1. The first-order chi connectivity index (χ1) is 13.4. The molecule has 0 bridgehead atoms. The van der Waals surface area contributed by atoms with Gasteiger partial charge in [0.25, 0.3) is 0 Å². The third kappa shape index (κ3) is 4.97. The zero-order chi connectivity index (χ0) is 20.1. The van der Waals surface area contributed by atoms with Crippen molar-refractivity contribution in [3.63, 3.8) is 0 Å². The van der Waals surface area contributed by atoms with Gasteiger partial charge in [-0.15, -0.1) is 10.2 Å².